The monoisotopic (exact) mass is 181 g/mol. The summed E-state index contributed by atoms with van der Waals surface area (Å²) in [5, 5.41) is 0. The van der Waals surface area contributed by atoms with Crippen LogP contribution in [0.25, 0.3) is 0 Å². The Labute approximate surface area is 80.1 Å². The molecule has 0 aliphatic carbocycles. The zero-order chi connectivity index (χ0) is 9.84. The second kappa shape index (κ2) is 4.47. The minimum atomic E-state index is 0.455. The van der Waals surface area contributed by atoms with Gasteiger partial charge in [0.1, 0.15) is 11.5 Å². The van der Waals surface area contributed by atoms with E-state index in [0.29, 0.717) is 12.5 Å². The molecule has 1 aromatic heterocycles. The van der Waals surface area contributed by atoms with Gasteiger partial charge in [0.05, 0.1) is 0 Å². The van der Waals surface area contributed by atoms with Gasteiger partial charge in [-0.05, 0) is 12.5 Å². The van der Waals surface area contributed by atoms with Crippen molar-refractivity contribution in [2.75, 3.05) is 0 Å². The van der Waals surface area contributed by atoms with Crippen molar-refractivity contribution in [2.24, 2.45) is 5.73 Å². The Kier molecular flexibility index (Phi) is 3.55. The van der Waals surface area contributed by atoms with Crippen LogP contribution in [0, 0.1) is 0 Å². The van der Waals surface area contributed by atoms with Crippen LogP contribution in [0.2, 0.25) is 0 Å². The summed E-state index contributed by atoms with van der Waals surface area (Å²) < 4.78 is 5.73. The number of rotatable bonds is 4. The fourth-order valence-electron chi connectivity index (χ4n) is 1.39. The second-order valence-corrected chi connectivity index (χ2v) is 3.71. The van der Waals surface area contributed by atoms with Gasteiger partial charge in [0.25, 0.3) is 0 Å². The second-order valence-electron chi connectivity index (χ2n) is 3.71. The van der Waals surface area contributed by atoms with Crippen LogP contribution in [0.5, 0.6) is 0 Å². The Morgan fingerprint density at radius 1 is 1.46 bits per heavy atom. The Bertz CT molecular complexity index is 263. The van der Waals surface area contributed by atoms with Crippen molar-refractivity contribution in [3.63, 3.8) is 0 Å². The van der Waals surface area contributed by atoms with Crippen LogP contribution in [0.15, 0.2) is 10.5 Å². The number of aryl methyl sites for hydroxylation is 1. The number of hydrogen-bond donors (Lipinski definition) is 1. The maximum Gasteiger partial charge on any atom is 0.108 e. The molecule has 1 aromatic rings. The molecule has 2 heteroatoms. The van der Waals surface area contributed by atoms with Gasteiger partial charge >= 0.3 is 0 Å². The van der Waals surface area contributed by atoms with Crippen LogP contribution >= 0.6 is 0 Å². The fourth-order valence-corrected chi connectivity index (χ4v) is 1.39. The van der Waals surface area contributed by atoms with E-state index in [1.807, 2.05) is 0 Å². The molecule has 74 valence electrons. The van der Waals surface area contributed by atoms with Crippen molar-refractivity contribution >= 4 is 0 Å². The third-order valence-corrected chi connectivity index (χ3v) is 2.18. The first-order valence-corrected chi connectivity index (χ1v) is 5.00. The average Bonchev–Trinajstić information content (AvgIpc) is 2.48. The van der Waals surface area contributed by atoms with Crippen LogP contribution in [0.4, 0.5) is 0 Å². The summed E-state index contributed by atoms with van der Waals surface area (Å²) in [6, 6.07) is 2.09. The molecule has 1 rings (SSSR count). The molecule has 0 aliphatic rings. The van der Waals surface area contributed by atoms with Gasteiger partial charge < -0.3 is 10.2 Å². The van der Waals surface area contributed by atoms with Crippen molar-refractivity contribution < 1.29 is 4.42 Å². The van der Waals surface area contributed by atoms with Crippen LogP contribution in [0.1, 0.15) is 50.2 Å². The van der Waals surface area contributed by atoms with Crippen LogP contribution < -0.4 is 5.73 Å². The van der Waals surface area contributed by atoms with Crippen molar-refractivity contribution in [2.45, 2.75) is 46.1 Å². The van der Waals surface area contributed by atoms with E-state index in [0.717, 1.165) is 24.4 Å². The Morgan fingerprint density at radius 3 is 2.62 bits per heavy atom. The molecule has 0 radical (unpaired) electrons. The van der Waals surface area contributed by atoms with Crippen molar-refractivity contribution in [1.82, 2.24) is 0 Å². The summed E-state index contributed by atoms with van der Waals surface area (Å²) in [6.07, 6.45) is 2.11. The molecule has 0 aromatic carbocycles. The molecule has 0 unspecified atom stereocenters. The normalized spacial score (nSPS) is 11.2. The van der Waals surface area contributed by atoms with Gasteiger partial charge in [0.2, 0.25) is 0 Å². The minimum Gasteiger partial charge on any atom is -0.465 e. The van der Waals surface area contributed by atoms with E-state index in [1.54, 1.807) is 0 Å². The predicted molar refractivity (Wildman–Crippen MR) is 54.7 cm³/mol. The fraction of sp³-hybridized carbons (Fsp3) is 0.636. The van der Waals surface area contributed by atoms with Gasteiger partial charge in [-0.15, -0.1) is 0 Å². The van der Waals surface area contributed by atoms with E-state index in [1.165, 1.54) is 5.56 Å². The summed E-state index contributed by atoms with van der Waals surface area (Å²) in [7, 11) is 0. The van der Waals surface area contributed by atoms with Gasteiger partial charge in [-0.3, -0.25) is 0 Å². The first-order valence-electron chi connectivity index (χ1n) is 5.00. The summed E-state index contributed by atoms with van der Waals surface area (Å²) in [4.78, 5) is 0. The SMILES string of the molecule is CCCc1oc(C(C)C)cc1CN. The molecule has 0 bridgehead atoms. The molecule has 1 heterocycles. The number of furan rings is 1. The van der Waals surface area contributed by atoms with Gasteiger partial charge in [0.15, 0.2) is 0 Å². The van der Waals surface area contributed by atoms with Gasteiger partial charge in [-0.25, -0.2) is 0 Å². The van der Waals surface area contributed by atoms with E-state index < -0.39 is 0 Å². The molecular formula is C11H19NO. The van der Waals surface area contributed by atoms with Gasteiger partial charge in [-0.1, -0.05) is 20.8 Å². The highest BCUT2D eigenvalue weighted by molar-refractivity contribution is 5.23. The average molecular weight is 181 g/mol. The lowest BCUT2D eigenvalue weighted by molar-refractivity contribution is 0.443. The summed E-state index contributed by atoms with van der Waals surface area (Å²) in [6.45, 7) is 7.01. The third kappa shape index (κ3) is 2.34. The quantitative estimate of drug-likeness (QED) is 0.775. The number of nitrogens with two attached hydrogens (primary N) is 1. The van der Waals surface area contributed by atoms with E-state index in [-0.39, 0.29) is 0 Å². The van der Waals surface area contributed by atoms with Crippen LogP contribution in [-0.4, -0.2) is 0 Å². The topological polar surface area (TPSA) is 39.2 Å². The highest BCUT2D eigenvalue weighted by atomic mass is 16.3. The van der Waals surface area contributed by atoms with Crippen molar-refractivity contribution in [3.05, 3.63) is 23.2 Å². The highest BCUT2D eigenvalue weighted by Crippen LogP contribution is 2.22. The standard InChI is InChI=1S/C11H19NO/c1-4-5-10-9(7-12)6-11(13-10)8(2)3/h6,8H,4-5,7,12H2,1-3H3. The van der Waals surface area contributed by atoms with E-state index >= 15 is 0 Å². The molecule has 0 amide bonds. The molecule has 0 saturated heterocycles. The summed E-state index contributed by atoms with van der Waals surface area (Å²) in [5.74, 6) is 2.59. The Balaban J connectivity index is 2.90. The maximum atomic E-state index is 5.73. The third-order valence-electron chi connectivity index (χ3n) is 2.18. The van der Waals surface area contributed by atoms with Crippen LogP contribution in [0.3, 0.4) is 0 Å². The molecular weight excluding hydrogens is 162 g/mol. The molecule has 0 aliphatic heterocycles. The smallest absolute Gasteiger partial charge is 0.108 e. The lowest BCUT2D eigenvalue weighted by Crippen LogP contribution is -1.97. The molecule has 13 heavy (non-hydrogen) atoms. The zero-order valence-corrected chi connectivity index (χ0v) is 8.76. The van der Waals surface area contributed by atoms with E-state index in [2.05, 4.69) is 26.8 Å². The maximum absolute atomic E-state index is 5.73. The lowest BCUT2D eigenvalue weighted by Gasteiger charge is -1.98. The molecule has 2 N–H and O–H groups in total. The van der Waals surface area contributed by atoms with Gasteiger partial charge in [0, 0.05) is 24.4 Å². The van der Waals surface area contributed by atoms with E-state index in [9.17, 15) is 0 Å². The van der Waals surface area contributed by atoms with E-state index in [4.69, 9.17) is 10.2 Å². The van der Waals surface area contributed by atoms with Crippen molar-refractivity contribution in [3.8, 4) is 0 Å². The molecule has 0 saturated carbocycles. The van der Waals surface area contributed by atoms with Gasteiger partial charge in [-0.2, -0.15) is 0 Å². The Morgan fingerprint density at radius 2 is 2.15 bits per heavy atom. The Hall–Kier alpha value is -0.760. The molecule has 0 atom stereocenters. The highest BCUT2D eigenvalue weighted by Gasteiger charge is 2.11. The first-order chi connectivity index (χ1) is 6.19. The van der Waals surface area contributed by atoms with Crippen LogP contribution in [-0.2, 0) is 13.0 Å². The first kappa shape index (κ1) is 10.3. The predicted octanol–water partition coefficient (Wildman–Crippen LogP) is 2.81. The molecule has 0 fully saturated rings. The number of hydrogen-bond acceptors (Lipinski definition) is 2. The lowest BCUT2D eigenvalue weighted by atomic mass is 10.1. The zero-order valence-electron chi connectivity index (χ0n) is 8.76. The molecule has 2 nitrogen and oxygen atoms in total. The minimum absolute atomic E-state index is 0.455. The van der Waals surface area contributed by atoms with Crippen molar-refractivity contribution in [1.29, 1.82) is 0 Å². The summed E-state index contributed by atoms with van der Waals surface area (Å²) >= 11 is 0. The molecule has 0 spiro atoms. The summed E-state index contributed by atoms with van der Waals surface area (Å²) in [5.41, 5.74) is 6.81. The largest absolute Gasteiger partial charge is 0.465 e.